The number of halogens is 6. The molecule has 2 aliphatic carbocycles. The van der Waals surface area contributed by atoms with E-state index in [9.17, 15) is 9.59 Å². The number of carbonyl (C=O) groups is 2. The number of nitrogens with zero attached hydrogens (tertiary/aromatic N) is 4. The quantitative estimate of drug-likeness (QED) is 0.173. The van der Waals surface area contributed by atoms with E-state index in [1.54, 1.807) is 48.5 Å². The minimum atomic E-state index is -0.440. The molecule has 0 fully saturated rings. The Balaban J connectivity index is 1.43. The lowest BCUT2D eigenvalue weighted by atomic mass is 9.71. The first-order valence-corrected chi connectivity index (χ1v) is 23.6. The van der Waals surface area contributed by atoms with Crippen molar-refractivity contribution in [2.75, 3.05) is 0 Å². The molecule has 0 saturated carbocycles. The third-order valence-electron chi connectivity index (χ3n) is 11.1. The monoisotopic (exact) mass is 998 g/mol. The van der Waals surface area contributed by atoms with E-state index in [0.29, 0.717) is 76.3 Å². The highest BCUT2D eigenvalue weighted by Gasteiger charge is 2.36. The molecule has 66 heavy (non-hydrogen) atoms. The number of hydrogen-bond donors (Lipinski definition) is 0. The van der Waals surface area contributed by atoms with Gasteiger partial charge in [0, 0.05) is 65.7 Å². The van der Waals surface area contributed by atoms with E-state index < -0.39 is 21.7 Å². The summed E-state index contributed by atoms with van der Waals surface area (Å²) >= 11 is 40.4. The van der Waals surface area contributed by atoms with Crippen molar-refractivity contribution in [3.05, 3.63) is 172 Å². The number of Topliss-reactive ketones (excluding diaryl/α,β-unsaturated/α-hetero) is 2. The molecule has 0 aliphatic heterocycles. The lowest BCUT2D eigenvalue weighted by Gasteiger charge is -2.31. The first-order chi connectivity index (χ1) is 30.5. The van der Waals surface area contributed by atoms with Crippen molar-refractivity contribution < 1.29 is 9.59 Å². The Morgan fingerprint density at radius 3 is 0.924 bits per heavy atom. The predicted octanol–water partition coefficient (Wildman–Crippen LogP) is 19.3. The number of carbonyl (C=O) groups excluding carboxylic acids is 2. The molecule has 0 N–H and O–H groups in total. The Morgan fingerprint density at radius 1 is 0.394 bits per heavy atom. The maximum atomic E-state index is 13.8. The second kappa shape index (κ2) is 19.3. The van der Waals surface area contributed by atoms with Gasteiger partial charge in [0.1, 0.15) is 22.8 Å². The van der Waals surface area contributed by atoms with Gasteiger partial charge in [-0.15, -0.1) is 20.5 Å². The van der Waals surface area contributed by atoms with Gasteiger partial charge in [-0.1, -0.05) is 177 Å². The Morgan fingerprint density at radius 2 is 0.667 bits per heavy atom. The van der Waals surface area contributed by atoms with Crippen LogP contribution in [0.2, 0.25) is 30.1 Å². The van der Waals surface area contributed by atoms with Crippen molar-refractivity contribution in [2.24, 2.45) is 42.1 Å². The van der Waals surface area contributed by atoms with Gasteiger partial charge >= 0.3 is 0 Å². The number of hydrogen-bond acceptors (Lipinski definition) is 6. The van der Waals surface area contributed by atoms with Crippen molar-refractivity contribution in [3.8, 4) is 11.1 Å². The summed E-state index contributed by atoms with van der Waals surface area (Å²) in [5.74, 6) is 0.00721. The van der Waals surface area contributed by atoms with E-state index in [4.69, 9.17) is 79.8 Å². The van der Waals surface area contributed by atoms with Gasteiger partial charge in [0.2, 0.25) is 0 Å². The molecule has 0 unspecified atom stereocenters. The van der Waals surface area contributed by atoms with Crippen LogP contribution in [-0.4, -0.2) is 11.6 Å². The average molecular weight is 1000 g/mol. The number of azo groups is 2. The molecule has 6 nitrogen and oxygen atoms in total. The van der Waals surface area contributed by atoms with Crippen LogP contribution in [0.15, 0.2) is 151 Å². The summed E-state index contributed by atoms with van der Waals surface area (Å²) in [6, 6.07) is 21.1. The molecule has 0 bridgehead atoms. The number of allylic oxidation sites excluding steroid dienone is 10. The normalized spacial score (nSPS) is 15.4. The summed E-state index contributed by atoms with van der Waals surface area (Å²) in [5, 5.41) is 21.0. The minimum absolute atomic E-state index is 0.00360. The van der Waals surface area contributed by atoms with Gasteiger partial charge < -0.3 is 0 Å². The molecule has 4 aromatic carbocycles. The van der Waals surface area contributed by atoms with E-state index in [0.717, 1.165) is 22.3 Å². The smallest absolute Gasteiger partial charge is 0.186 e. The number of ketones is 2. The topological polar surface area (TPSA) is 83.6 Å². The molecule has 4 aromatic rings. The van der Waals surface area contributed by atoms with E-state index >= 15 is 0 Å². The van der Waals surface area contributed by atoms with Crippen LogP contribution in [0, 0.1) is 21.7 Å². The summed E-state index contributed by atoms with van der Waals surface area (Å²) in [5.41, 5.74) is 6.46. The minimum Gasteiger partial charge on any atom is -0.289 e. The molecule has 0 aromatic heterocycles. The highest BCUT2D eigenvalue weighted by atomic mass is 35.5. The van der Waals surface area contributed by atoms with Crippen molar-refractivity contribution in [3.63, 3.8) is 0 Å². The highest BCUT2D eigenvalue weighted by Crippen LogP contribution is 2.46. The summed E-state index contributed by atoms with van der Waals surface area (Å²) in [4.78, 5) is 27.6. The van der Waals surface area contributed by atoms with Crippen molar-refractivity contribution in [2.45, 2.75) is 83.1 Å². The molecule has 342 valence electrons. The van der Waals surface area contributed by atoms with Crippen LogP contribution >= 0.6 is 69.6 Å². The standard InChI is InChI=1S/C54H52Cl6N4O2/c1-51(2,3)37-21-31(22-38(49(37)65)52(4,5)6)47(29-13-17-33(55)18-14-29)63-61-45-27-41(57)35(25-43(45)59)36-26-44(60)46(28-42(36)58)62-64-48(30-15-19-34(56)20-16-30)32-23-39(53(7,8)9)50(66)40(24-32)54(10,11)12/h13-28H,1-12H3. The molecule has 6 rings (SSSR count). The van der Waals surface area contributed by atoms with Crippen LogP contribution in [0.5, 0.6) is 0 Å². The van der Waals surface area contributed by atoms with Crippen LogP contribution < -0.4 is 0 Å². The Hall–Kier alpha value is -4.40. The van der Waals surface area contributed by atoms with Crippen LogP contribution in [0.3, 0.4) is 0 Å². The molecule has 12 heteroatoms. The first kappa shape index (κ1) is 51.0. The summed E-state index contributed by atoms with van der Waals surface area (Å²) in [6.45, 7) is 24.2. The molecule has 0 saturated heterocycles. The summed E-state index contributed by atoms with van der Waals surface area (Å²) in [7, 11) is 0. The van der Waals surface area contributed by atoms with E-state index in [1.165, 1.54) is 0 Å². The molecule has 2 aliphatic rings. The maximum Gasteiger partial charge on any atom is 0.186 e. The fraction of sp³-hybridized carbons (Fsp3) is 0.296. The Bertz CT molecular complexity index is 2630. The van der Waals surface area contributed by atoms with E-state index in [1.807, 2.05) is 132 Å². The van der Waals surface area contributed by atoms with Crippen LogP contribution in [0.4, 0.5) is 11.4 Å². The molecule has 0 spiro atoms. The predicted molar refractivity (Wildman–Crippen MR) is 278 cm³/mol. The molecule has 0 amide bonds. The molecule has 0 heterocycles. The van der Waals surface area contributed by atoms with Gasteiger partial charge in [-0.3, -0.25) is 9.59 Å². The van der Waals surface area contributed by atoms with E-state index in [2.05, 4.69) is 10.2 Å². The first-order valence-electron chi connectivity index (χ1n) is 21.3. The highest BCUT2D eigenvalue weighted by molar-refractivity contribution is 6.40. The fourth-order valence-electron chi connectivity index (χ4n) is 7.39. The van der Waals surface area contributed by atoms with Gasteiger partial charge in [-0.25, -0.2) is 0 Å². The van der Waals surface area contributed by atoms with Gasteiger partial charge in [0.15, 0.2) is 11.6 Å². The lowest BCUT2D eigenvalue weighted by Crippen LogP contribution is -2.28. The van der Waals surface area contributed by atoms with E-state index in [-0.39, 0.29) is 21.6 Å². The number of benzene rings is 4. The van der Waals surface area contributed by atoms with Crippen molar-refractivity contribution in [1.29, 1.82) is 0 Å². The second-order valence-electron chi connectivity index (χ2n) is 20.5. The third kappa shape index (κ3) is 11.5. The average Bonchev–Trinajstić information content (AvgIpc) is 3.20. The van der Waals surface area contributed by atoms with Crippen LogP contribution in [0.25, 0.3) is 22.5 Å². The SMILES string of the molecule is CC(C)(C)C1=CC(=C(N=Nc2cc(Cl)c(-c3cc(Cl)c(N=NC(=C4C=C(C(C)(C)C)C(=O)C(C(C)(C)C)=C4)c4ccc(Cl)cc4)cc3Cl)cc2Cl)c2ccc(Cl)cc2)C=C(C(C)(C)C)C1=O. The lowest BCUT2D eigenvalue weighted by molar-refractivity contribution is -0.114. The largest absolute Gasteiger partial charge is 0.289 e. The zero-order valence-corrected chi connectivity index (χ0v) is 43.6. The summed E-state index contributed by atoms with van der Waals surface area (Å²) in [6.07, 6.45) is 7.56. The van der Waals surface area contributed by atoms with Gasteiger partial charge in [-0.05, 0) is 94.5 Å². The molecule has 0 radical (unpaired) electrons. The maximum absolute atomic E-state index is 13.8. The van der Waals surface area contributed by atoms with Crippen LogP contribution in [0.1, 0.15) is 94.2 Å². The van der Waals surface area contributed by atoms with Crippen molar-refractivity contribution in [1.82, 2.24) is 0 Å². The molecule has 0 atom stereocenters. The molecular formula is C54H52Cl6N4O2. The Labute approximate surface area is 418 Å². The van der Waals surface area contributed by atoms with Gasteiger partial charge in [-0.2, -0.15) is 0 Å². The second-order valence-corrected chi connectivity index (χ2v) is 23.0. The Kier molecular flexibility index (Phi) is 14.9. The van der Waals surface area contributed by atoms with Gasteiger partial charge in [0.25, 0.3) is 0 Å². The third-order valence-corrected chi connectivity index (χ3v) is 12.8. The van der Waals surface area contributed by atoms with Crippen molar-refractivity contribution >= 4 is 104 Å². The number of rotatable bonds is 7. The van der Waals surface area contributed by atoms with Crippen LogP contribution in [-0.2, 0) is 9.59 Å². The fourth-order valence-corrected chi connectivity index (χ4v) is 8.56. The molecular weight excluding hydrogens is 949 g/mol. The van der Waals surface area contributed by atoms with Gasteiger partial charge in [0.05, 0.1) is 20.1 Å². The zero-order chi connectivity index (χ0) is 48.8. The summed E-state index contributed by atoms with van der Waals surface area (Å²) < 4.78 is 0. The zero-order valence-electron chi connectivity index (χ0n) is 39.1.